The normalized spacial score (nSPS) is 11.1. The second-order valence-electron chi connectivity index (χ2n) is 3.61. The highest BCUT2D eigenvalue weighted by Crippen LogP contribution is 2.09. The highest BCUT2D eigenvalue weighted by atomic mass is 32.2. The summed E-state index contributed by atoms with van der Waals surface area (Å²) in [6, 6.07) is 4.38. The SMILES string of the molecule is O=C(NNS(=O)(=O)c1cccc(F)c1)c1cnccn1. The zero-order valence-electron chi connectivity index (χ0n) is 9.95. The number of nitrogens with zero attached hydrogens (tertiary/aromatic N) is 2. The molecule has 1 heterocycles. The molecule has 2 N–H and O–H groups in total. The number of benzene rings is 1. The Morgan fingerprint density at radius 2 is 2.05 bits per heavy atom. The largest absolute Gasteiger partial charge is 0.286 e. The van der Waals surface area contributed by atoms with Crippen LogP contribution in [-0.2, 0) is 10.0 Å². The van der Waals surface area contributed by atoms with E-state index >= 15 is 0 Å². The number of sulfonamides is 1. The van der Waals surface area contributed by atoms with Gasteiger partial charge < -0.3 is 0 Å². The lowest BCUT2D eigenvalue weighted by molar-refractivity contribution is 0.0939. The molecule has 20 heavy (non-hydrogen) atoms. The molecular weight excluding hydrogens is 287 g/mol. The molecule has 1 amide bonds. The van der Waals surface area contributed by atoms with Crippen LogP contribution in [-0.4, -0.2) is 24.3 Å². The summed E-state index contributed by atoms with van der Waals surface area (Å²) in [5, 5.41) is 0. The Hall–Kier alpha value is -2.39. The second kappa shape index (κ2) is 5.72. The molecule has 0 aliphatic rings. The lowest BCUT2D eigenvalue weighted by Crippen LogP contribution is -2.41. The van der Waals surface area contributed by atoms with Crippen LogP contribution >= 0.6 is 0 Å². The van der Waals surface area contributed by atoms with E-state index < -0.39 is 21.7 Å². The molecule has 2 rings (SSSR count). The molecule has 1 aromatic heterocycles. The first-order valence-corrected chi connectivity index (χ1v) is 6.81. The maximum Gasteiger partial charge on any atom is 0.286 e. The number of hydrogen-bond donors (Lipinski definition) is 2. The third-order valence-corrected chi connectivity index (χ3v) is 3.45. The molecule has 0 aliphatic carbocycles. The lowest BCUT2D eigenvalue weighted by Gasteiger charge is -2.07. The van der Waals surface area contributed by atoms with Gasteiger partial charge in [-0.15, -0.1) is 4.83 Å². The number of carbonyl (C=O) groups excluding carboxylic acids is 1. The topological polar surface area (TPSA) is 101 Å². The number of amides is 1. The summed E-state index contributed by atoms with van der Waals surface area (Å²) >= 11 is 0. The van der Waals surface area contributed by atoms with Crippen molar-refractivity contribution in [1.82, 2.24) is 20.2 Å². The minimum Gasteiger partial charge on any atom is -0.272 e. The van der Waals surface area contributed by atoms with Gasteiger partial charge in [-0.1, -0.05) is 6.07 Å². The Labute approximate surface area is 113 Å². The van der Waals surface area contributed by atoms with Crippen molar-refractivity contribution < 1.29 is 17.6 Å². The van der Waals surface area contributed by atoms with Gasteiger partial charge in [-0.2, -0.15) is 0 Å². The van der Waals surface area contributed by atoms with E-state index in [0.29, 0.717) is 0 Å². The van der Waals surface area contributed by atoms with Gasteiger partial charge in [0.05, 0.1) is 11.1 Å². The van der Waals surface area contributed by atoms with E-state index in [2.05, 4.69) is 9.97 Å². The Morgan fingerprint density at radius 1 is 1.25 bits per heavy atom. The quantitative estimate of drug-likeness (QED) is 0.787. The van der Waals surface area contributed by atoms with Gasteiger partial charge in [0.25, 0.3) is 15.9 Å². The molecule has 0 saturated carbocycles. The van der Waals surface area contributed by atoms with E-state index in [4.69, 9.17) is 0 Å². The number of nitrogens with one attached hydrogen (secondary N) is 2. The summed E-state index contributed by atoms with van der Waals surface area (Å²) in [4.78, 5) is 20.5. The van der Waals surface area contributed by atoms with Crippen molar-refractivity contribution in [3.63, 3.8) is 0 Å². The van der Waals surface area contributed by atoms with Gasteiger partial charge in [0.2, 0.25) is 0 Å². The monoisotopic (exact) mass is 296 g/mol. The molecule has 0 fully saturated rings. The maximum absolute atomic E-state index is 13.0. The van der Waals surface area contributed by atoms with Crippen LogP contribution in [0, 0.1) is 5.82 Å². The minimum absolute atomic E-state index is 0.0607. The van der Waals surface area contributed by atoms with E-state index in [1.54, 1.807) is 0 Å². The summed E-state index contributed by atoms with van der Waals surface area (Å²) in [5.74, 6) is -1.48. The van der Waals surface area contributed by atoms with Crippen LogP contribution in [0.3, 0.4) is 0 Å². The van der Waals surface area contributed by atoms with Gasteiger partial charge in [0.15, 0.2) is 0 Å². The highest BCUT2D eigenvalue weighted by molar-refractivity contribution is 7.89. The van der Waals surface area contributed by atoms with Crippen LogP contribution in [0.25, 0.3) is 0 Å². The summed E-state index contributed by atoms with van der Waals surface area (Å²) in [7, 11) is -4.06. The molecular formula is C11H9FN4O3S. The smallest absolute Gasteiger partial charge is 0.272 e. The van der Waals surface area contributed by atoms with E-state index in [0.717, 1.165) is 12.1 Å². The Bertz CT molecular complexity index is 721. The van der Waals surface area contributed by atoms with Crippen LogP contribution in [0.15, 0.2) is 47.8 Å². The van der Waals surface area contributed by atoms with E-state index in [1.807, 2.05) is 10.3 Å². The zero-order valence-corrected chi connectivity index (χ0v) is 10.8. The lowest BCUT2D eigenvalue weighted by atomic mass is 10.4. The Balaban J connectivity index is 2.09. The fraction of sp³-hybridized carbons (Fsp3) is 0. The molecule has 1 aromatic carbocycles. The second-order valence-corrected chi connectivity index (χ2v) is 5.29. The molecule has 2 aromatic rings. The third kappa shape index (κ3) is 3.33. The standard InChI is InChI=1S/C11H9FN4O3S/c12-8-2-1-3-9(6-8)20(18,19)16-15-11(17)10-7-13-4-5-14-10/h1-7,16H,(H,15,17). The van der Waals surface area contributed by atoms with Gasteiger partial charge in [-0.3, -0.25) is 15.2 Å². The van der Waals surface area contributed by atoms with Gasteiger partial charge in [0.1, 0.15) is 11.5 Å². The molecule has 0 saturated heterocycles. The van der Waals surface area contributed by atoms with Crippen molar-refractivity contribution in [1.29, 1.82) is 0 Å². The van der Waals surface area contributed by atoms with E-state index in [1.165, 1.54) is 30.7 Å². The van der Waals surface area contributed by atoms with Crippen molar-refractivity contribution >= 4 is 15.9 Å². The molecule has 7 nitrogen and oxygen atoms in total. The first-order chi connectivity index (χ1) is 9.49. The van der Waals surface area contributed by atoms with Crippen LogP contribution < -0.4 is 10.3 Å². The predicted octanol–water partition coefficient (Wildman–Crippen LogP) is 0.239. The fourth-order valence-electron chi connectivity index (χ4n) is 1.29. The van der Waals surface area contributed by atoms with E-state index in [9.17, 15) is 17.6 Å². The summed E-state index contributed by atoms with van der Waals surface area (Å²) in [6.45, 7) is 0. The van der Waals surface area contributed by atoms with Gasteiger partial charge in [-0.05, 0) is 18.2 Å². The van der Waals surface area contributed by atoms with Gasteiger partial charge in [0, 0.05) is 12.4 Å². The number of hydrogen-bond acceptors (Lipinski definition) is 5. The molecule has 0 bridgehead atoms. The van der Waals surface area contributed by atoms with Gasteiger partial charge in [-0.25, -0.2) is 17.8 Å². The number of rotatable bonds is 4. The molecule has 0 spiro atoms. The van der Waals surface area contributed by atoms with Crippen LogP contribution in [0.4, 0.5) is 4.39 Å². The molecule has 104 valence electrons. The molecule has 9 heteroatoms. The number of halogens is 1. The number of carbonyl (C=O) groups is 1. The molecule has 0 aliphatic heterocycles. The van der Waals surface area contributed by atoms with Crippen molar-refractivity contribution in [2.75, 3.05) is 0 Å². The summed E-state index contributed by atoms with van der Waals surface area (Å²) in [6.07, 6.45) is 3.83. The Kier molecular flexibility index (Phi) is 4.01. The first kappa shape index (κ1) is 14.0. The van der Waals surface area contributed by atoms with Crippen LogP contribution in [0.1, 0.15) is 10.5 Å². The Morgan fingerprint density at radius 3 is 2.70 bits per heavy atom. The fourth-order valence-corrected chi connectivity index (χ4v) is 2.16. The predicted molar refractivity (Wildman–Crippen MR) is 66.2 cm³/mol. The molecule has 0 radical (unpaired) electrons. The molecule has 0 atom stereocenters. The highest BCUT2D eigenvalue weighted by Gasteiger charge is 2.16. The van der Waals surface area contributed by atoms with Crippen LogP contribution in [0.5, 0.6) is 0 Å². The third-order valence-electron chi connectivity index (χ3n) is 2.20. The maximum atomic E-state index is 13.0. The minimum atomic E-state index is -4.06. The van der Waals surface area contributed by atoms with E-state index in [-0.39, 0.29) is 10.6 Å². The average molecular weight is 296 g/mol. The van der Waals surface area contributed by atoms with Crippen molar-refractivity contribution in [2.45, 2.75) is 4.90 Å². The van der Waals surface area contributed by atoms with Gasteiger partial charge >= 0.3 is 0 Å². The van der Waals surface area contributed by atoms with Crippen molar-refractivity contribution in [3.8, 4) is 0 Å². The summed E-state index contributed by atoms with van der Waals surface area (Å²) < 4.78 is 36.5. The van der Waals surface area contributed by atoms with Crippen molar-refractivity contribution in [2.24, 2.45) is 0 Å². The average Bonchev–Trinajstić information content (AvgIpc) is 2.46. The number of hydrazine groups is 1. The summed E-state index contributed by atoms with van der Waals surface area (Å²) in [5.41, 5.74) is 1.89. The molecule has 0 unspecified atom stereocenters. The number of aromatic nitrogens is 2. The first-order valence-electron chi connectivity index (χ1n) is 5.33. The van der Waals surface area contributed by atoms with Crippen molar-refractivity contribution in [3.05, 3.63) is 54.4 Å². The zero-order chi connectivity index (χ0) is 14.6. The van der Waals surface area contributed by atoms with Crippen LogP contribution in [0.2, 0.25) is 0 Å².